The summed E-state index contributed by atoms with van der Waals surface area (Å²) in [7, 11) is 1.64. The zero-order valence-electron chi connectivity index (χ0n) is 16.8. The van der Waals surface area contributed by atoms with E-state index >= 15 is 0 Å². The summed E-state index contributed by atoms with van der Waals surface area (Å²) in [5.41, 5.74) is 1.04. The van der Waals surface area contributed by atoms with Crippen LogP contribution in [0.2, 0.25) is 0 Å². The topological polar surface area (TPSA) is 78.8 Å². The molecule has 1 amide bonds. The highest BCUT2D eigenvalue weighted by Gasteiger charge is 2.48. The number of rotatable bonds is 5. The van der Waals surface area contributed by atoms with Crippen molar-refractivity contribution in [1.82, 2.24) is 14.9 Å². The highest BCUT2D eigenvalue weighted by atomic mass is 16.5. The first kappa shape index (κ1) is 19.6. The molecule has 0 bridgehead atoms. The highest BCUT2D eigenvalue weighted by Crippen LogP contribution is 2.45. The van der Waals surface area contributed by atoms with E-state index in [2.05, 4.69) is 14.9 Å². The van der Waals surface area contributed by atoms with E-state index in [9.17, 15) is 9.90 Å². The Hall–Kier alpha value is -2.67. The number of aliphatic hydroxyl groups is 1. The molecule has 4 rings (SSSR count). The lowest BCUT2D eigenvalue weighted by atomic mass is 9.71. The number of likely N-dealkylation sites (tertiary alicyclic amines) is 1. The smallest absolute Gasteiger partial charge is 0.226 e. The molecule has 2 aromatic rings. The monoisotopic (exact) mass is 396 g/mol. The van der Waals surface area contributed by atoms with Gasteiger partial charge in [0.15, 0.2) is 0 Å². The third-order valence-electron chi connectivity index (χ3n) is 6.55. The second kappa shape index (κ2) is 8.37. The molecule has 1 aromatic carbocycles. The lowest BCUT2D eigenvalue weighted by molar-refractivity contribution is -0.133. The van der Waals surface area contributed by atoms with Gasteiger partial charge in [0.1, 0.15) is 17.9 Å². The van der Waals surface area contributed by atoms with E-state index in [1.54, 1.807) is 19.6 Å². The zero-order valence-corrected chi connectivity index (χ0v) is 16.8. The SMILES string of the molecule is COc1ccc(CC(=O)N2CCC3(CC2)CN(c2ccncn2)CC3CO)cc1. The van der Waals surface area contributed by atoms with Crippen LogP contribution in [-0.2, 0) is 11.2 Å². The molecule has 2 aliphatic rings. The number of methoxy groups -OCH3 is 1. The number of hydrogen-bond donors (Lipinski definition) is 1. The lowest BCUT2D eigenvalue weighted by Gasteiger charge is -2.42. The molecule has 3 heterocycles. The summed E-state index contributed by atoms with van der Waals surface area (Å²) in [6.45, 7) is 3.32. The molecule has 7 heteroatoms. The molecule has 1 atom stereocenters. The number of benzene rings is 1. The number of aliphatic hydroxyl groups excluding tert-OH is 1. The second-order valence-electron chi connectivity index (χ2n) is 8.10. The molecule has 1 spiro atoms. The summed E-state index contributed by atoms with van der Waals surface area (Å²) in [6.07, 6.45) is 5.55. The summed E-state index contributed by atoms with van der Waals surface area (Å²) in [4.78, 5) is 25.4. The third-order valence-corrected chi connectivity index (χ3v) is 6.55. The van der Waals surface area contributed by atoms with Crippen LogP contribution in [0.15, 0.2) is 42.9 Å². The molecule has 0 saturated carbocycles. The molecular formula is C22H28N4O3. The Labute approximate surface area is 171 Å². The molecule has 0 radical (unpaired) electrons. The maximum atomic E-state index is 12.8. The quantitative estimate of drug-likeness (QED) is 0.830. The van der Waals surface area contributed by atoms with Gasteiger partial charge in [0.2, 0.25) is 5.91 Å². The van der Waals surface area contributed by atoms with Gasteiger partial charge in [0, 0.05) is 44.9 Å². The lowest BCUT2D eigenvalue weighted by Crippen LogP contribution is -2.47. The van der Waals surface area contributed by atoms with Gasteiger partial charge < -0.3 is 19.6 Å². The third kappa shape index (κ3) is 4.05. The average molecular weight is 396 g/mol. The number of amides is 1. The summed E-state index contributed by atoms with van der Waals surface area (Å²) >= 11 is 0. The van der Waals surface area contributed by atoms with Gasteiger partial charge in [-0.2, -0.15) is 0 Å². The molecule has 2 aliphatic heterocycles. The molecule has 0 aliphatic carbocycles. The summed E-state index contributed by atoms with van der Waals surface area (Å²) < 4.78 is 5.18. The Balaban J connectivity index is 1.37. The molecular weight excluding hydrogens is 368 g/mol. The second-order valence-corrected chi connectivity index (χ2v) is 8.10. The Bertz CT molecular complexity index is 820. The van der Waals surface area contributed by atoms with E-state index in [0.717, 1.165) is 56.2 Å². The number of piperidine rings is 1. The van der Waals surface area contributed by atoms with Crippen molar-refractivity contribution in [3.8, 4) is 5.75 Å². The van der Waals surface area contributed by atoms with Crippen molar-refractivity contribution in [1.29, 1.82) is 0 Å². The molecule has 1 N–H and O–H groups in total. The average Bonchev–Trinajstić information content (AvgIpc) is 3.13. The molecule has 1 aromatic heterocycles. The predicted octanol–water partition coefficient (Wildman–Crippen LogP) is 1.77. The van der Waals surface area contributed by atoms with Crippen LogP contribution in [0, 0.1) is 11.3 Å². The van der Waals surface area contributed by atoms with Gasteiger partial charge in [-0.3, -0.25) is 4.79 Å². The van der Waals surface area contributed by atoms with Crippen LogP contribution in [0.25, 0.3) is 0 Å². The van der Waals surface area contributed by atoms with E-state index < -0.39 is 0 Å². The number of carbonyl (C=O) groups excluding carboxylic acids is 1. The van der Waals surface area contributed by atoms with Gasteiger partial charge >= 0.3 is 0 Å². The van der Waals surface area contributed by atoms with Gasteiger partial charge in [0.05, 0.1) is 13.5 Å². The maximum Gasteiger partial charge on any atom is 0.226 e. The normalized spacial score (nSPS) is 20.8. The van der Waals surface area contributed by atoms with Crippen molar-refractivity contribution < 1.29 is 14.6 Å². The van der Waals surface area contributed by atoms with Crippen LogP contribution < -0.4 is 9.64 Å². The summed E-state index contributed by atoms with van der Waals surface area (Å²) in [5, 5.41) is 10.0. The largest absolute Gasteiger partial charge is 0.497 e. The van der Waals surface area contributed by atoms with E-state index in [1.165, 1.54) is 0 Å². The van der Waals surface area contributed by atoms with Gasteiger partial charge in [-0.15, -0.1) is 0 Å². The Morgan fingerprint density at radius 1 is 1.24 bits per heavy atom. The van der Waals surface area contributed by atoms with Gasteiger partial charge in [-0.05, 0) is 42.0 Å². The number of hydrogen-bond acceptors (Lipinski definition) is 6. The molecule has 1 unspecified atom stereocenters. The fraction of sp³-hybridized carbons (Fsp3) is 0.500. The van der Waals surface area contributed by atoms with Crippen LogP contribution in [0.3, 0.4) is 0 Å². The van der Waals surface area contributed by atoms with Crippen molar-refractivity contribution in [2.24, 2.45) is 11.3 Å². The number of anilines is 1. The van der Waals surface area contributed by atoms with E-state index in [1.807, 2.05) is 35.2 Å². The molecule has 2 saturated heterocycles. The first-order chi connectivity index (χ1) is 14.1. The minimum Gasteiger partial charge on any atom is -0.497 e. The predicted molar refractivity (Wildman–Crippen MR) is 110 cm³/mol. The summed E-state index contributed by atoms with van der Waals surface area (Å²) in [5.74, 6) is 2.08. The summed E-state index contributed by atoms with van der Waals surface area (Å²) in [6, 6.07) is 9.59. The van der Waals surface area contributed by atoms with Crippen LogP contribution in [0.4, 0.5) is 5.82 Å². The van der Waals surface area contributed by atoms with Crippen molar-refractivity contribution in [3.63, 3.8) is 0 Å². The minimum atomic E-state index is 0.0383. The number of aromatic nitrogens is 2. The van der Waals surface area contributed by atoms with Crippen molar-refractivity contribution >= 4 is 11.7 Å². The first-order valence-electron chi connectivity index (χ1n) is 10.2. The van der Waals surface area contributed by atoms with Crippen LogP contribution >= 0.6 is 0 Å². The first-order valence-corrected chi connectivity index (χ1v) is 10.2. The minimum absolute atomic E-state index is 0.0383. The van der Waals surface area contributed by atoms with E-state index in [0.29, 0.717) is 6.42 Å². The number of nitrogens with zero attached hydrogens (tertiary/aromatic N) is 4. The molecule has 7 nitrogen and oxygen atoms in total. The van der Waals surface area contributed by atoms with Crippen LogP contribution in [0.1, 0.15) is 18.4 Å². The van der Waals surface area contributed by atoms with Crippen LogP contribution in [0.5, 0.6) is 5.75 Å². The van der Waals surface area contributed by atoms with Crippen molar-refractivity contribution in [2.75, 3.05) is 44.8 Å². The van der Waals surface area contributed by atoms with Crippen molar-refractivity contribution in [2.45, 2.75) is 19.3 Å². The zero-order chi connectivity index (χ0) is 20.3. The Morgan fingerprint density at radius 3 is 2.62 bits per heavy atom. The molecule has 29 heavy (non-hydrogen) atoms. The van der Waals surface area contributed by atoms with Gasteiger partial charge in [-0.1, -0.05) is 12.1 Å². The Kier molecular flexibility index (Phi) is 5.67. The Morgan fingerprint density at radius 2 is 2.00 bits per heavy atom. The van der Waals surface area contributed by atoms with Gasteiger partial charge in [0.25, 0.3) is 0 Å². The fourth-order valence-corrected chi connectivity index (χ4v) is 4.73. The standard InChI is InChI=1S/C22H28N4O3/c1-29-19-4-2-17(3-5-19)12-21(28)25-10-7-22(8-11-25)15-26(13-18(22)14-27)20-6-9-23-16-24-20/h2-6,9,16,18,27H,7-8,10-15H2,1H3. The molecule has 2 fully saturated rings. The maximum absolute atomic E-state index is 12.8. The highest BCUT2D eigenvalue weighted by molar-refractivity contribution is 5.79. The van der Waals surface area contributed by atoms with E-state index in [-0.39, 0.29) is 23.8 Å². The van der Waals surface area contributed by atoms with Crippen LogP contribution in [-0.4, -0.2) is 65.8 Å². The number of carbonyl (C=O) groups is 1. The van der Waals surface area contributed by atoms with E-state index in [4.69, 9.17) is 4.74 Å². The number of ether oxygens (including phenoxy) is 1. The fourth-order valence-electron chi connectivity index (χ4n) is 4.73. The van der Waals surface area contributed by atoms with Crippen molar-refractivity contribution in [3.05, 3.63) is 48.4 Å². The van der Waals surface area contributed by atoms with Gasteiger partial charge in [-0.25, -0.2) is 9.97 Å². The molecule has 154 valence electrons.